The Morgan fingerprint density at radius 2 is 1.79 bits per heavy atom. The van der Waals surface area contributed by atoms with E-state index in [-0.39, 0.29) is 6.10 Å². The summed E-state index contributed by atoms with van der Waals surface area (Å²) >= 11 is 6.27. The smallest absolute Gasteiger partial charge is 0.219 e. The van der Waals surface area contributed by atoms with Gasteiger partial charge in [0.1, 0.15) is 6.10 Å². The molecule has 0 spiro atoms. The van der Waals surface area contributed by atoms with Crippen LogP contribution in [0.15, 0.2) is 60.7 Å². The van der Waals surface area contributed by atoms with E-state index in [0.717, 1.165) is 18.7 Å². The number of alkyl halides is 1. The Morgan fingerprint density at radius 1 is 1.08 bits per heavy atom. The molecule has 2 aliphatic heterocycles. The SMILES string of the molecule is ClCC(OP1N(c2ccccc2)C[C@@H]2CCCN21)c1ccccc1. The molecule has 2 aliphatic rings. The third-order valence-electron chi connectivity index (χ3n) is 4.74. The van der Waals surface area contributed by atoms with Gasteiger partial charge in [0, 0.05) is 24.8 Å². The third-order valence-corrected chi connectivity index (χ3v) is 7.24. The van der Waals surface area contributed by atoms with Crippen molar-refractivity contribution in [3.8, 4) is 0 Å². The molecule has 2 fully saturated rings. The molecule has 5 heteroatoms. The molecule has 0 N–H and O–H groups in total. The summed E-state index contributed by atoms with van der Waals surface area (Å²) in [6.45, 7) is 2.18. The maximum atomic E-state index is 6.61. The summed E-state index contributed by atoms with van der Waals surface area (Å²) in [5.74, 6) is 0.476. The van der Waals surface area contributed by atoms with Crippen LogP contribution in [0.5, 0.6) is 0 Å². The van der Waals surface area contributed by atoms with Crippen LogP contribution in [0.25, 0.3) is 0 Å². The number of rotatable bonds is 5. The molecular weight excluding hydrogens is 339 g/mol. The summed E-state index contributed by atoms with van der Waals surface area (Å²) in [6.07, 6.45) is 2.47. The molecule has 2 saturated heterocycles. The normalized spacial score (nSPS) is 25.0. The molecule has 0 bridgehead atoms. The minimum absolute atomic E-state index is 0.0652. The lowest BCUT2D eigenvalue weighted by molar-refractivity contribution is 0.236. The van der Waals surface area contributed by atoms with Crippen molar-refractivity contribution < 1.29 is 4.52 Å². The minimum atomic E-state index is -0.812. The topological polar surface area (TPSA) is 15.7 Å². The average Bonchev–Trinajstić information content (AvgIpc) is 3.23. The van der Waals surface area contributed by atoms with Gasteiger partial charge in [0.05, 0.1) is 5.88 Å². The van der Waals surface area contributed by atoms with E-state index in [0.29, 0.717) is 11.9 Å². The van der Waals surface area contributed by atoms with E-state index in [1.54, 1.807) is 0 Å². The Morgan fingerprint density at radius 3 is 2.50 bits per heavy atom. The lowest BCUT2D eigenvalue weighted by Gasteiger charge is -2.32. The zero-order valence-electron chi connectivity index (χ0n) is 13.6. The second-order valence-corrected chi connectivity index (χ2v) is 8.31. The van der Waals surface area contributed by atoms with Crippen molar-refractivity contribution in [2.75, 3.05) is 23.6 Å². The summed E-state index contributed by atoms with van der Waals surface area (Å²) < 4.78 is 11.6. The van der Waals surface area contributed by atoms with Crippen molar-refractivity contribution in [2.45, 2.75) is 25.0 Å². The van der Waals surface area contributed by atoms with Crippen LogP contribution in [0.2, 0.25) is 0 Å². The largest absolute Gasteiger partial charge is 0.318 e. The summed E-state index contributed by atoms with van der Waals surface area (Å²) in [5.41, 5.74) is 2.41. The molecule has 0 aromatic heterocycles. The monoisotopic (exact) mass is 360 g/mol. The van der Waals surface area contributed by atoms with Crippen LogP contribution in [0.3, 0.4) is 0 Å². The molecular formula is C19H22ClN2OP. The zero-order valence-corrected chi connectivity index (χ0v) is 15.2. The zero-order chi connectivity index (χ0) is 16.4. The Balaban J connectivity index is 1.60. The molecule has 3 atom stereocenters. The van der Waals surface area contributed by atoms with Crippen LogP contribution in [-0.4, -0.2) is 29.7 Å². The van der Waals surface area contributed by atoms with Gasteiger partial charge < -0.3 is 9.19 Å². The first-order valence-corrected chi connectivity index (χ1v) is 10.2. The summed E-state index contributed by atoms with van der Waals surface area (Å²) in [7, 11) is -0.812. The van der Waals surface area contributed by atoms with Crippen LogP contribution in [-0.2, 0) is 4.52 Å². The predicted octanol–water partition coefficient (Wildman–Crippen LogP) is 5.19. The van der Waals surface area contributed by atoms with Gasteiger partial charge >= 0.3 is 0 Å². The van der Waals surface area contributed by atoms with Gasteiger partial charge in [-0.2, -0.15) is 0 Å². The fourth-order valence-corrected chi connectivity index (χ4v) is 6.23. The highest BCUT2D eigenvalue weighted by Crippen LogP contribution is 2.58. The van der Waals surface area contributed by atoms with E-state index in [9.17, 15) is 0 Å². The van der Waals surface area contributed by atoms with E-state index in [1.807, 2.05) is 18.2 Å². The lowest BCUT2D eigenvalue weighted by atomic mass is 10.1. The van der Waals surface area contributed by atoms with Crippen molar-refractivity contribution in [1.29, 1.82) is 0 Å². The second-order valence-electron chi connectivity index (χ2n) is 6.29. The number of hydrogen-bond donors (Lipinski definition) is 0. The fourth-order valence-electron chi connectivity index (χ4n) is 3.52. The maximum absolute atomic E-state index is 6.61. The van der Waals surface area contributed by atoms with Crippen molar-refractivity contribution in [1.82, 2.24) is 4.67 Å². The van der Waals surface area contributed by atoms with Gasteiger partial charge in [-0.1, -0.05) is 48.5 Å². The van der Waals surface area contributed by atoms with Crippen LogP contribution in [0, 0.1) is 0 Å². The number of anilines is 1. The third kappa shape index (κ3) is 3.19. The highest BCUT2D eigenvalue weighted by Gasteiger charge is 2.45. The lowest BCUT2D eigenvalue weighted by Crippen LogP contribution is -2.20. The van der Waals surface area contributed by atoms with Crippen LogP contribution in [0.1, 0.15) is 24.5 Å². The molecule has 4 rings (SSSR count). The number of nitrogens with zero attached hydrogens (tertiary/aromatic N) is 2. The second kappa shape index (κ2) is 7.41. The van der Waals surface area contributed by atoms with Gasteiger partial charge in [0.15, 0.2) is 0 Å². The van der Waals surface area contributed by atoms with E-state index in [1.165, 1.54) is 18.5 Å². The molecule has 0 aliphatic carbocycles. The van der Waals surface area contributed by atoms with Crippen LogP contribution < -0.4 is 4.67 Å². The summed E-state index contributed by atoms with van der Waals surface area (Å²) in [4.78, 5) is 0. The minimum Gasteiger partial charge on any atom is -0.318 e. The van der Waals surface area contributed by atoms with E-state index < -0.39 is 8.45 Å². The molecule has 0 amide bonds. The van der Waals surface area contributed by atoms with E-state index >= 15 is 0 Å². The highest BCUT2D eigenvalue weighted by molar-refractivity contribution is 7.52. The number of halogens is 1. The molecule has 2 unspecified atom stereocenters. The molecule has 2 aromatic carbocycles. The first-order valence-electron chi connectivity index (χ1n) is 8.53. The van der Waals surface area contributed by atoms with Crippen molar-refractivity contribution in [3.05, 3.63) is 66.2 Å². The Hall–Kier alpha value is -1.12. The Bertz CT molecular complexity index is 657. The van der Waals surface area contributed by atoms with Crippen molar-refractivity contribution in [2.24, 2.45) is 0 Å². The average molecular weight is 361 g/mol. The molecule has 3 nitrogen and oxygen atoms in total. The van der Waals surface area contributed by atoms with Crippen molar-refractivity contribution in [3.63, 3.8) is 0 Å². The van der Waals surface area contributed by atoms with E-state index in [4.69, 9.17) is 16.1 Å². The fraction of sp³-hybridized carbons (Fsp3) is 0.368. The van der Waals surface area contributed by atoms with Crippen molar-refractivity contribution >= 4 is 25.7 Å². The molecule has 2 heterocycles. The van der Waals surface area contributed by atoms with Crippen LogP contribution in [0.4, 0.5) is 5.69 Å². The Kier molecular flexibility index (Phi) is 5.05. The Labute approximate surface area is 150 Å². The molecule has 0 radical (unpaired) electrons. The first kappa shape index (κ1) is 16.4. The summed E-state index contributed by atoms with van der Waals surface area (Å²) in [5, 5.41) is 0. The van der Waals surface area contributed by atoms with Crippen LogP contribution >= 0.6 is 20.1 Å². The standard InChI is InChI=1S/C19H22ClN2OP/c20-14-19(16-8-3-1-4-9-16)23-24-21-13-7-12-18(21)15-22(24)17-10-5-2-6-11-17/h1-6,8-11,18-19H,7,12-15H2/t18-,19?,24?/m0/s1. The summed E-state index contributed by atoms with van der Waals surface area (Å²) in [6, 6.07) is 21.6. The van der Waals surface area contributed by atoms with Gasteiger partial charge in [0.2, 0.25) is 8.45 Å². The first-order chi connectivity index (χ1) is 11.9. The van der Waals surface area contributed by atoms with E-state index in [2.05, 4.69) is 51.8 Å². The van der Waals surface area contributed by atoms with Gasteiger partial charge in [-0.05, 0) is 30.5 Å². The molecule has 24 heavy (non-hydrogen) atoms. The number of hydrogen-bond acceptors (Lipinski definition) is 3. The van der Waals surface area contributed by atoms with Gasteiger partial charge in [-0.3, -0.25) is 0 Å². The molecule has 2 aromatic rings. The molecule has 0 saturated carbocycles. The predicted molar refractivity (Wildman–Crippen MR) is 101 cm³/mol. The van der Waals surface area contributed by atoms with Gasteiger partial charge in [-0.15, -0.1) is 11.6 Å². The maximum Gasteiger partial charge on any atom is 0.219 e. The number of para-hydroxylation sites is 1. The van der Waals surface area contributed by atoms with Gasteiger partial charge in [0.25, 0.3) is 0 Å². The number of benzene rings is 2. The van der Waals surface area contributed by atoms with Gasteiger partial charge in [-0.25, -0.2) is 4.67 Å². The number of fused-ring (bicyclic) bond motifs is 1. The molecule has 126 valence electrons. The quantitative estimate of drug-likeness (QED) is 0.538. The highest BCUT2D eigenvalue weighted by atomic mass is 35.5.